The first kappa shape index (κ1) is 14.5. The quantitative estimate of drug-likeness (QED) is 0.726. The largest absolute Gasteiger partial charge is 0.496 e. The summed E-state index contributed by atoms with van der Waals surface area (Å²) < 4.78 is 5.28. The molecular formula is C14H22N2O2. The minimum Gasteiger partial charge on any atom is -0.496 e. The summed E-state index contributed by atoms with van der Waals surface area (Å²) in [6.07, 6.45) is 1.02. The van der Waals surface area contributed by atoms with Gasteiger partial charge in [-0.2, -0.15) is 0 Å². The first-order chi connectivity index (χ1) is 8.69. The van der Waals surface area contributed by atoms with Crippen molar-refractivity contribution in [3.05, 3.63) is 29.8 Å². The third-order valence-corrected chi connectivity index (χ3v) is 2.70. The first-order valence-electron chi connectivity index (χ1n) is 6.32. The summed E-state index contributed by atoms with van der Waals surface area (Å²) in [5.41, 5.74) is 0.990. The average molecular weight is 250 g/mol. The van der Waals surface area contributed by atoms with Crippen LogP contribution in [-0.4, -0.2) is 26.1 Å². The zero-order chi connectivity index (χ0) is 13.4. The van der Waals surface area contributed by atoms with E-state index in [9.17, 15) is 4.79 Å². The molecule has 0 bridgehead atoms. The van der Waals surface area contributed by atoms with Crippen molar-refractivity contribution in [2.45, 2.75) is 26.3 Å². The highest BCUT2D eigenvalue weighted by Gasteiger charge is 2.12. The van der Waals surface area contributed by atoms with Crippen LogP contribution < -0.4 is 15.4 Å². The van der Waals surface area contributed by atoms with Gasteiger partial charge in [-0.3, -0.25) is 4.79 Å². The standard InChI is InChI=1S/C14H22N2O2/c1-4-9-15-10-14(17)16-11(2)12-7-5-6-8-13(12)18-3/h5-8,11,15H,4,9-10H2,1-3H3,(H,16,17). The Morgan fingerprint density at radius 3 is 2.78 bits per heavy atom. The lowest BCUT2D eigenvalue weighted by atomic mass is 10.1. The van der Waals surface area contributed by atoms with Crippen LogP contribution in [0, 0.1) is 0 Å². The Hall–Kier alpha value is -1.55. The van der Waals surface area contributed by atoms with Gasteiger partial charge in [0.15, 0.2) is 0 Å². The van der Waals surface area contributed by atoms with Gasteiger partial charge in [-0.1, -0.05) is 25.1 Å². The van der Waals surface area contributed by atoms with Gasteiger partial charge < -0.3 is 15.4 Å². The molecule has 0 heterocycles. The van der Waals surface area contributed by atoms with Crippen LogP contribution in [0.15, 0.2) is 24.3 Å². The summed E-state index contributed by atoms with van der Waals surface area (Å²) in [4.78, 5) is 11.7. The van der Waals surface area contributed by atoms with Crippen molar-refractivity contribution in [1.29, 1.82) is 0 Å². The molecule has 0 aliphatic rings. The van der Waals surface area contributed by atoms with E-state index in [0.717, 1.165) is 24.3 Å². The van der Waals surface area contributed by atoms with Gasteiger partial charge in [-0.15, -0.1) is 0 Å². The summed E-state index contributed by atoms with van der Waals surface area (Å²) >= 11 is 0. The fraction of sp³-hybridized carbons (Fsp3) is 0.500. The number of carbonyl (C=O) groups is 1. The number of nitrogens with one attached hydrogen (secondary N) is 2. The van der Waals surface area contributed by atoms with Crippen molar-refractivity contribution in [3.63, 3.8) is 0 Å². The third kappa shape index (κ3) is 4.37. The van der Waals surface area contributed by atoms with Crippen LogP contribution in [0.3, 0.4) is 0 Å². The van der Waals surface area contributed by atoms with Crippen LogP contribution in [0.4, 0.5) is 0 Å². The number of hydrogen-bond donors (Lipinski definition) is 2. The molecule has 100 valence electrons. The molecule has 4 nitrogen and oxygen atoms in total. The fourth-order valence-corrected chi connectivity index (χ4v) is 1.77. The molecule has 0 spiro atoms. The van der Waals surface area contributed by atoms with Crippen LogP contribution in [0.25, 0.3) is 0 Å². The normalized spacial score (nSPS) is 11.9. The van der Waals surface area contributed by atoms with E-state index >= 15 is 0 Å². The number of benzene rings is 1. The number of ether oxygens (including phenoxy) is 1. The minimum atomic E-state index is -0.0583. The van der Waals surface area contributed by atoms with E-state index < -0.39 is 0 Å². The van der Waals surface area contributed by atoms with Gasteiger partial charge in [0.1, 0.15) is 5.75 Å². The van der Waals surface area contributed by atoms with Crippen molar-refractivity contribution >= 4 is 5.91 Å². The molecular weight excluding hydrogens is 228 g/mol. The molecule has 0 saturated carbocycles. The highest BCUT2D eigenvalue weighted by Crippen LogP contribution is 2.23. The molecule has 1 aromatic carbocycles. The van der Waals surface area contributed by atoms with Gasteiger partial charge in [0.2, 0.25) is 5.91 Å². The predicted octanol–water partition coefficient (Wildman–Crippen LogP) is 1.87. The Bertz CT molecular complexity index is 380. The van der Waals surface area contributed by atoms with Gasteiger partial charge in [0.05, 0.1) is 19.7 Å². The smallest absolute Gasteiger partial charge is 0.234 e. The maximum atomic E-state index is 11.7. The van der Waals surface area contributed by atoms with Gasteiger partial charge >= 0.3 is 0 Å². The van der Waals surface area contributed by atoms with Crippen molar-refractivity contribution in [2.75, 3.05) is 20.2 Å². The summed E-state index contributed by atoms with van der Waals surface area (Å²) in [5, 5.41) is 6.03. The molecule has 0 aliphatic carbocycles. The average Bonchev–Trinajstić information content (AvgIpc) is 2.39. The fourth-order valence-electron chi connectivity index (χ4n) is 1.77. The molecule has 0 fully saturated rings. The van der Waals surface area contributed by atoms with E-state index in [0.29, 0.717) is 6.54 Å². The Morgan fingerprint density at radius 2 is 2.11 bits per heavy atom. The van der Waals surface area contributed by atoms with Crippen molar-refractivity contribution in [3.8, 4) is 5.75 Å². The monoisotopic (exact) mass is 250 g/mol. The molecule has 2 N–H and O–H groups in total. The van der Waals surface area contributed by atoms with E-state index in [1.165, 1.54) is 0 Å². The highest BCUT2D eigenvalue weighted by molar-refractivity contribution is 5.78. The highest BCUT2D eigenvalue weighted by atomic mass is 16.5. The molecule has 0 radical (unpaired) electrons. The second kappa shape index (κ2) is 7.71. The van der Waals surface area contributed by atoms with E-state index in [2.05, 4.69) is 17.6 Å². The molecule has 0 saturated heterocycles. The zero-order valence-electron chi connectivity index (χ0n) is 11.3. The third-order valence-electron chi connectivity index (χ3n) is 2.70. The molecule has 1 rings (SSSR count). The second-order valence-electron chi connectivity index (χ2n) is 4.21. The molecule has 4 heteroatoms. The molecule has 18 heavy (non-hydrogen) atoms. The summed E-state index contributed by atoms with van der Waals surface area (Å²) in [6, 6.07) is 7.66. The Morgan fingerprint density at radius 1 is 1.39 bits per heavy atom. The number of amides is 1. The van der Waals surface area contributed by atoms with Gasteiger partial charge in [0.25, 0.3) is 0 Å². The lowest BCUT2D eigenvalue weighted by molar-refractivity contribution is -0.120. The zero-order valence-corrected chi connectivity index (χ0v) is 11.3. The molecule has 0 aromatic heterocycles. The summed E-state index contributed by atoms with van der Waals surface area (Å²) in [7, 11) is 1.64. The number of hydrogen-bond acceptors (Lipinski definition) is 3. The van der Waals surface area contributed by atoms with E-state index in [1.807, 2.05) is 31.2 Å². The van der Waals surface area contributed by atoms with Crippen LogP contribution in [0.1, 0.15) is 31.9 Å². The molecule has 1 aromatic rings. The Balaban J connectivity index is 2.53. The van der Waals surface area contributed by atoms with Crippen molar-refractivity contribution in [2.24, 2.45) is 0 Å². The van der Waals surface area contributed by atoms with E-state index in [-0.39, 0.29) is 11.9 Å². The maximum absolute atomic E-state index is 11.7. The lowest BCUT2D eigenvalue weighted by Crippen LogP contribution is -2.35. The maximum Gasteiger partial charge on any atom is 0.234 e. The number of rotatable bonds is 7. The molecule has 1 amide bonds. The number of methoxy groups -OCH3 is 1. The van der Waals surface area contributed by atoms with Gasteiger partial charge in [-0.25, -0.2) is 0 Å². The first-order valence-corrected chi connectivity index (χ1v) is 6.32. The van der Waals surface area contributed by atoms with Gasteiger partial charge in [-0.05, 0) is 26.0 Å². The minimum absolute atomic E-state index is 0.00172. The molecule has 0 aliphatic heterocycles. The van der Waals surface area contributed by atoms with E-state index in [4.69, 9.17) is 4.74 Å². The second-order valence-corrected chi connectivity index (χ2v) is 4.21. The lowest BCUT2D eigenvalue weighted by Gasteiger charge is -2.17. The number of carbonyl (C=O) groups excluding carboxylic acids is 1. The van der Waals surface area contributed by atoms with Crippen LogP contribution in [-0.2, 0) is 4.79 Å². The topological polar surface area (TPSA) is 50.4 Å². The van der Waals surface area contributed by atoms with Gasteiger partial charge in [0, 0.05) is 5.56 Å². The molecule has 1 unspecified atom stereocenters. The SMILES string of the molecule is CCCNCC(=O)NC(C)c1ccccc1OC. The predicted molar refractivity (Wildman–Crippen MR) is 72.7 cm³/mol. The van der Waals surface area contributed by atoms with Crippen LogP contribution >= 0.6 is 0 Å². The van der Waals surface area contributed by atoms with Crippen LogP contribution in [0.2, 0.25) is 0 Å². The number of para-hydroxylation sites is 1. The summed E-state index contributed by atoms with van der Waals surface area (Å²) in [6.45, 7) is 5.24. The van der Waals surface area contributed by atoms with E-state index in [1.54, 1.807) is 7.11 Å². The summed E-state index contributed by atoms with van der Waals surface area (Å²) in [5.74, 6) is 0.800. The van der Waals surface area contributed by atoms with Crippen LogP contribution in [0.5, 0.6) is 5.75 Å². The van der Waals surface area contributed by atoms with Crippen molar-refractivity contribution in [1.82, 2.24) is 10.6 Å². The Kier molecular flexibility index (Phi) is 6.22. The Labute approximate surface area is 109 Å². The van der Waals surface area contributed by atoms with Crippen molar-refractivity contribution < 1.29 is 9.53 Å². The molecule has 1 atom stereocenters.